The molecule has 2 heterocycles. The van der Waals surface area contributed by atoms with E-state index in [4.69, 9.17) is 9.47 Å². The molecule has 1 amide bonds. The highest BCUT2D eigenvalue weighted by Crippen LogP contribution is 2.41. The molecule has 0 unspecified atom stereocenters. The van der Waals surface area contributed by atoms with Crippen LogP contribution < -0.4 is 9.47 Å². The Morgan fingerprint density at radius 2 is 2.00 bits per heavy atom. The van der Waals surface area contributed by atoms with Crippen molar-refractivity contribution in [1.29, 1.82) is 0 Å². The number of carbonyl (C=O) groups excluding carboxylic acids is 2. The highest BCUT2D eigenvalue weighted by molar-refractivity contribution is 6.46. The number of likely N-dealkylation sites (tertiary alicyclic amines) is 1. The molecule has 1 saturated heterocycles. The number of nitrogens with zero attached hydrogens (tertiary/aromatic N) is 2. The first-order valence-corrected chi connectivity index (χ1v) is 12.5. The number of hydrogen-bond acceptors (Lipinski definition) is 6. The van der Waals surface area contributed by atoms with Crippen LogP contribution in [0.15, 0.2) is 60.7 Å². The van der Waals surface area contributed by atoms with Crippen molar-refractivity contribution in [3.05, 3.63) is 77.4 Å². The molecule has 7 heteroatoms. The van der Waals surface area contributed by atoms with Gasteiger partial charge in [0.2, 0.25) is 0 Å². The number of rotatable bonds is 10. The molecule has 0 spiro atoms. The Morgan fingerprint density at radius 3 is 2.72 bits per heavy atom. The molecule has 0 aliphatic carbocycles. The number of carbonyl (C=O) groups is 2. The summed E-state index contributed by atoms with van der Waals surface area (Å²) in [5, 5.41) is 11.4. The topological polar surface area (TPSA) is 79.3 Å². The maximum atomic E-state index is 13.3. The number of amides is 1. The Balaban J connectivity index is 1.78. The average molecular weight is 491 g/mol. The normalized spacial score (nSPS) is 20.5. The number of ketones is 1. The summed E-state index contributed by atoms with van der Waals surface area (Å²) in [5.74, 6) is -0.0833. The van der Waals surface area contributed by atoms with Crippen molar-refractivity contribution < 1.29 is 24.2 Å². The summed E-state index contributed by atoms with van der Waals surface area (Å²) in [7, 11) is 0. The van der Waals surface area contributed by atoms with Gasteiger partial charge < -0.3 is 24.4 Å². The van der Waals surface area contributed by atoms with Gasteiger partial charge in [-0.1, -0.05) is 38.6 Å². The molecule has 36 heavy (non-hydrogen) atoms. The summed E-state index contributed by atoms with van der Waals surface area (Å²) in [6, 6.07) is 12.0. The van der Waals surface area contributed by atoms with E-state index in [2.05, 4.69) is 25.3 Å². The lowest BCUT2D eigenvalue weighted by atomic mass is 9.94. The van der Waals surface area contributed by atoms with Crippen molar-refractivity contribution in [2.75, 3.05) is 32.8 Å². The summed E-state index contributed by atoms with van der Waals surface area (Å²) in [6.45, 7) is 12.8. The van der Waals surface area contributed by atoms with Crippen LogP contribution in [0.1, 0.15) is 43.5 Å². The van der Waals surface area contributed by atoms with Gasteiger partial charge in [0.1, 0.15) is 30.0 Å². The number of fused-ring (bicyclic) bond motifs is 1. The van der Waals surface area contributed by atoms with E-state index >= 15 is 0 Å². The predicted molar refractivity (Wildman–Crippen MR) is 139 cm³/mol. The van der Waals surface area contributed by atoms with E-state index in [9.17, 15) is 14.7 Å². The highest BCUT2D eigenvalue weighted by atomic mass is 16.5. The largest absolute Gasteiger partial charge is 0.507 e. The summed E-state index contributed by atoms with van der Waals surface area (Å²) in [5.41, 5.74) is 2.26. The minimum Gasteiger partial charge on any atom is -0.507 e. The van der Waals surface area contributed by atoms with Crippen LogP contribution in [0.5, 0.6) is 11.5 Å². The van der Waals surface area contributed by atoms with Gasteiger partial charge in [-0.2, -0.15) is 0 Å². The second kappa shape index (κ2) is 11.0. The fraction of sp³-hybridized carbons (Fsp3) is 0.379. The third kappa shape index (κ3) is 5.02. The van der Waals surface area contributed by atoms with Gasteiger partial charge in [-0.05, 0) is 61.5 Å². The van der Waals surface area contributed by atoms with E-state index in [0.717, 1.165) is 30.8 Å². The van der Waals surface area contributed by atoms with Crippen LogP contribution in [0.3, 0.4) is 0 Å². The third-order valence-corrected chi connectivity index (χ3v) is 6.80. The van der Waals surface area contributed by atoms with Crippen LogP contribution in [0, 0.1) is 0 Å². The fourth-order valence-corrected chi connectivity index (χ4v) is 4.90. The molecule has 0 aromatic heterocycles. The highest BCUT2D eigenvalue weighted by Gasteiger charge is 2.46. The number of likely N-dealkylation sites (N-methyl/N-ethyl adjacent to an activating group) is 1. The predicted octanol–water partition coefficient (Wildman–Crippen LogP) is 4.34. The van der Waals surface area contributed by atoms with Gasteiger partial charge in [0.05, 0.1) is 11.6 Å². The van der Waals surface area contributed by atoms with E-state index in [1.54, 1.807) is 17.0 Å². The molecule has 4 rings (SSSR count). The second-order valence-corrected chi connectivity index (χ2v) is 9.15. The first-order chi connectivity index (χ1) is 17.4. The van der Waals surface area contributed by atoms with Gasteiger partial charge in [0.15, 0.2) is 0 Å². The summed E-state index contributed by atoms with van der Waals surface area (Å²) < 4.78 is 11.5. The van der Waals surface area contributed by atoms with Gasteiger partial charge >= 0.3 is 0 Å². The third-order valence-electron chi connectivity index (χ3n) is 6.80. The summed E-state index contributed by atoms with van der Waals surface area (Å²) in [6.07, 6.45) is 2.43. The van der Waals surface area contributed by atoms with Crippen molar-refractivity contribution in [1.82, 2.24) is 9.80 Å². The van der Waals surface area contributed by atoms with Crippen molar-refractivity contribution >= 4 is 17.4 Å². The second-order valence-electron chi connectivity index (χ2n) is 9.15. The van der Waals surface area contributed by atoms with E-state index < -0.39 is 17.7 Å². The van der Waals surface area contributed by atoms with Crippen LogP contribution in [-0.2, 0) is 16.0 Å². The Morgan fingerprint density at radius 1 is 1.22 bits per heavy atom. The molecule has 190 valence electrons. The lowest BCUT2D eigenvalue weighted by molar-refractivity contribution is -0.140. The van der Waals surface area contributed by atoms with Crippen LogP contribution >= 0.6 is 0 Å². The first kappa shape index (κ1) is 25.5. The zero-order valence-electron chi connectivity index (χ0n) is 21.2. The molecule has 0 bridgehead atoms. The van der Waals surface area contributed by atoms with Gasteiger partial charge in [-0.15, -0.1) is 0 Å². The number of ether oxygens (including phenoxy) is 2. The summed E-state index contributed by atoms with van der Waals surface area (Å²) in [4.78, 5) is 30.4. The molecule has 2 atom stereocenters. The van der Waals surface area contributed by atoms with Crippen molar-refractivity contribution in [2.45, 2.75) is 39.3 Å². The number of aliphatic hydroxyl groups excluding tert-OH is 1. The SMILES string of the molecule is C=CCOc1cccc([C@@H]2/C(=C(\O)c3ccc4c(c3)C[C@@H](C)O4)C(=O)C(=O)N2CCN(CC)CC)c1. The zero-order chi connectivity index (χ0) is 25.8. The maximum absolute atomic E-state index is 13.3. The monoisotopic (exact) mass is 490 g/mol. The molecule has 2 aliphatic heterocycles. The number of Topliss-reactive ketones (excluding diaryl/α,β-unsaturated/α-hetero) is 1. The Bertz CT molecular complexity index is 1180. The molecular weight excluding hydrogens is 456 g/mol. The lowest BCUT2D eigenvalue weighted by Gasteiger charge is -2.28. The molecular formula is C29H34N2O5. The van der Waals surface area contributed by atoms with Gasteiger partial charge in [0, 0.05) is 25.1 Å². The molecule has 1 N–H and O–H groups in total. The minimum atomic E-state index is -0.726. The van der Waals surface area contributed by atoms with E-state index in [1.807, 2.05) is 43.3 Å². The Kier molecular flexibility index (Phi) is 7.79. The van der Waals surface area contributed by atoms with Gasteiger partial charge in [-0.25, -0.2) is 0 Å². The summed E-state index contributed by atoms with van der Waals surface area (Å²) >= 11 is 0. The molecule has 2 aliphatic rings. The fourth-order valence-electron chi connectivity index (χ4n) is 4.90. The first-order valence-electron chi connectivity index (χ1n) is 12.5. The van der Waals surface area contributed by atoms with E-state index in [1.165, 1.54) is 0 Å². The number of benzene rings is 2. The van der Waals surface area contributed by atoms with Crippen molar-refractivity contribution in [2.24, 2.45) is 0 Å². The molecule has 0 radical (unpaired) electrons. The van der Waals surface area contributed by atoms with Crippen LogP contribution in [0.4, 0.5) is 0 Å². The average Bonchev–Trinajstić information content (AvgIpc) is 3.38. The standard InChI is InChI=1S/C29H34N2O5/c1-5-15-35-23-10-8-9-20(18-23)26-25(28(33)29(34)31(26)14-13-30(6-2)7-3)27(32)21-11-12-24-22(17-21)16-19(4)36-24/h5,8-12,17-19,26,32H,1,6-7,13-16H2,2-4H3/b27-25+/t19-,26-/m1/s1. The van der Waals surface area contributed by atoms with E-state index in [0.29, 0.717) is 36.6 Å². The van der Waals surface area contributed by atoms with Gasteiger partial charge in [-0.3, -0.25) is 9.59 Å². The van der Waals surface area contributed by atoms with Crippen molar-refractivity contribution in [3.8, 4) is 11.5 Å². The number of hydrogen-bond donors (Lipinski definition) is 1. The Labute approximate surface area is 212 Å². The molecule has 2 aromatic carbocycles. The quantitative estimate of drug-likeness (QED) is 0.231. The molecule has 1 fully saturated rings. The van der Waals surface area contributed by atoms with Crippen LogP contribution in [0.25, 0.3) is 5.76 Å². The van der Waals surface area contributed by atoms with Crippen LogP contribution in [-0.4, -0.2) is 65.5 Å². The number of aliphatic hydroxyl groups is 1. The van der Waals surface area contributed by atoms with Gasteiger partial charge in [0.25, 0.3) is 11.7 Å². The van der Waals surface area contributed by atoms with Crippen LogP contribution in [0.2, 0.25) is 0 Å². The smallest absolute Gasteiger partial charge is 0.295 e. The lowest BCUT2D eigenvalue weighted by Crippen LogP contribution is -2.38. The molecule has 7 nitrogen and oxygen atoms in total. The minimum absolute atomic E-state index is 0.0568. The molecule has 2 aromatic rings. The molecule has 0 saturated carbocycles. The van der Waals surface area contributed by atoms with Crippen molar-refractivity contribution in [3.63, 3.8) is 0 Å². The zero-order valence-corrected chi connectivity index (χ0v) is 21.2. The van der Waals surface area contributed by atoms with E-state index in [-0.39, 0.29) is 17.4 Å². The Hall–Kier alpha value is -3.58. The maximum Gasteiger partial charge on any atom is 0.295 e.